The standard InChI is InChI=1S/C19H25NO/c1-4-21-19-13-11-18(12-14-19)17-9-7-16(8-10-17)6-5-15-20(2)3/h7-14H,4-6,15H2,1-3H3. The first-order valence-electron chi connectivity index (χ1n) is 7.66. The Bertz CT molecular complexity index is 528. The van der Waals surface area contributed by atoms with Crippen molar-refractivity contribution in [2.24, 2.45) is 0 Å². The average molecular weight is 283 g/mol. The van der Waals surface area contributed by atoms with Crippen LogP contribution in [0.2, 0.25) is 0 Å². The predicted molar refractivity (Wildman–Crippen MR) is 89.9 cm³/mol. The molecule has 0 saturated heterocycles. The van der Waals surface area contributed by atoms with Gasteiger partial charge in [0.2, 0.25) is 0 Å². The molecule has 2 nitrogen and oxygen atoms in total. The summed E-state index contributed by atoms with van der Waals surface area (Å²) in [5.41, 5.74) is 3.90. The summed E-state index contributed by atoms with van der Waals surface area (Å²) in [5.74, 6) is 0.932. The summed E-state index contributed by atoms with van der Waals surface area (Å²) >= 11 is 0. The SMILES string of the molecule is CCOc1ccc(-c2ccc(CCCN(C)C)cc2)cc1. The van der Waals surface area contributed by atoms with E-state index in [4.69, 9.17) is 4.74 Å². The van der Waals surface area contributed by atoms with Crippen LogP contribution in [-0.4, -0.2) is 32.1 Å². The van der Waals surface area contributed by atoms with Crippen LogP contribution in [0.4, 0.5) is 0 Å². The Morgan fingerprint density at radius 1 is 0.857 bits per heavy atom. The Balaban J connectivity index is 1.97. The molecule has 0 saturated carbocycles. The van der Waals surface area contributed by atoms with Gasteiger partial charge in [-0.1, -0.05) is 36.4 Å². The summed E-state index contributed by atoms with van der Waals surface area (Å²) in [6.45, 7) is 3.85. The van der Waals surface area contributed by atoms with Crippen molar-refractivity contribution in [3.8, 4) is 16.9 Å². The first-order chi connectivity index (χ1) is 10.2. The summed E-state index contributed by atoms with van der Waals surface area (Å²) < 4.78 is 5.48. The van der Waals surface area contributed by atoms with Crippen LogP contribution >= 0.6 is 0 Å². The van der Waals surface area contributed by atoms with Gasteiger partial charge in [0, 0.05) is 0 Å². The highest BCUT2D eigenvalue weighted by Gasteiger charge is 2.00. The van der Waals surface area contributed by atoms with Gasteiger partial charge in [-0.3, -0.25) is 0 Å². The normalized spacial score (nSPS) is 10.9. The number of ether oxygens (including phenoxy) is 1. The summed E-state index contributed by atoms with van der Waals surface area (Å²) in [4.78, 5) is 2.23. The molecule has 2 rings (SSSR count). The molecule has 0 spiro atoms. The fraction of sp³-hybridized carbons (Fsp3) is 0.368. The second-order valence-corrected chi connectivity index (χ2v) is 5.56. The van der Waals surface area contributed by atoms with Gasteiger partial charge in [0.1, 0.15) is 5.75 Å². The second kappa shape index (κ2) is 7.84. The molecule has 0 aliphatic rings. The maximum absolute atomic E-state index is 5.48. The van der Waals surface area contributed by atoms with E-state index in [0.29, 0.717) is 6.61 Å². The highest BCUT2D eigenvalue weighted by Crippen LogP contribution is 2.23. The van der Waals surface area contributed by atoms with Crippen molar-refractivity contribution < 1.29 is 4.74 Å². The number of benzene rings is 2. The van der Waals surface area contributed by atoms with Gasteiger partial charge in [-0.05, 0) is 69.2 Å². The first-order valence-corrected chi connectivity index (χ1v) is 7.66. The van der Waals surface area contributed by atoms with Gasteiger partial charge in [-0.2, -0.15) is 0 Å². The molecule has 2 aromatic carbocycles. The van der Waals surface area contributed by atoms with Gasteiger partial charge in [0.25, 0.3) is 0 Å². The highest BCUT2D eigenvalue weighted by molar-refractivity contribution is 5.64. The Morgan fingerprint density at radius 2 is 1.43 bits per heavy atom. The van der Waals surface area contributed by atoms with Gasteiger partial charge in [-0.15, -0.1) is 0 Å². The molecule has 0 N–H and O–H groups in total. The van der Waals surface area contributed by atoms with Crippen molar-refractivity contribution >= 4 is 0 Å². The maximum atomic E-state index is 5.48. The molecule has 0 fully saturated rings. The fourth-order valence-electron chi connectivity index (χ4n) is 2.37. The lowest BCUT2D eigenvalue weighted by Crippen LogP contribution is -2.13. The zero-order valence-corrected chi connectivity index (χ0v) is 13.3. The van der Waals surface area contributed by atoms with Crippen molar-refractivity contribution in [1.29, 1.82) is 0 Å². The molecular formula is C19H25NO. The van der Waals surface area contributed by atoms with E-state index in [2.05, 4.69) is 55.4 Å². The molecule has 0 bridgehead atoms. The molecule has 0 unspecified atom stereocenters. The van der Waals surface area contributed by atoms with Crippen molar-refractivity contribution in [2.45, 2.75) is 19.8 Å². The number of rotatable bonds is 7. The number of aryl methyl sites for hydroxylation is 1. The Labute approximate surface area is 128 Å². The topological polar surface area (TPSA) is 12.5 Å². The zero-order chi connectivity index (χ0) is 15.1. The minimum atomic E-state index is 0.709. The minimum Gasteiger partial charge on any atom is -0.494 e. The lowest BCUT2D eigenvalue weighted by molar-refractivity contribution is 0.340. The van der Waals surface area contributed by atoms with Gasteiger partial charge in [-0.25, -0.2) is 0 Å². The molecule has 0 aromatic heterocycles. The van der Waals surface area contributed by atoms with Crippen molar-refractivity contribution in [2.75, 3.05) is 27.2 Å². The Morgan fingerprint density at radius 3 is 1.95 bits per heavy atom. The smallest absolute Gasteiger partial charge is 0.119 e. The summed E-state index contributed by atoms with van der Waals surface area (Å²) in [6, 6.07) is 17.2. The molecular weight excluding hydrogens is 258 g/mol. The molecule has 0 radical (unpaired) electrons. The van der Waals surface area contributed by atoms with Crippen LogP contribution in [0.25, 0.3) is 11.1 Å². The molecule has 0 atom stereocenters. The van der Waals surface area contributed by atoms with Gasteiger partial charge >= 0.3 is 0 Å². The van der Waals surface area contributed by atoms with Crippen LogP contribution in [0.1, 0.15) is 18.9 Å². The third-order valence-electron chi connectivity index (χ3n) is 3.52. The molecule has 0 aliphatic heterocycles. The quantitative estimate of drug-likeness (QED) is 0.753. The molecule has 2 heteroatoms. The van der Waals surface area contributed by atoms with Crippen LogP contribution in [0.15, 0.2) is 48.5 Å². The van der Waals surface area contributed by atoms with E-state index in [1.807, 2.05) is 19.1 Å². The molecule has 2 aromatic rings. The van der Waals surface area contributed by atoms with Crippen LogP contribution in [-0.2, 0) is 6.42 Å². The van der Waals surface area contributed by atoms with E-state index >= 15 is 0 Å². The Hall–Kier alpha value is -1.80. The Kier molecular flexibility index (Phi) is 5.82. The van der Waals surface area contributed by atoms with Crippen LogP contribution in [0.3, 0.4) is 0 Å². The van der Waals surface area contributed by atoms with Crippen LogP contribution < -0.4 is 4.74 Å². The van der Waals surface area contributed by atoms with E-state index in [0.717, 1.165) is 18.7 Å². The summed E-state index contributed by atoms with van der Waals surface area (Å²) in [7, 11) is 4.24. The fourth-order valence-corrected chi connectivity index (χ4v) is 2.37. The molecule has 0 heterocycles. The average Bonchev–Trinajstić information content (AvgIpc) is 2.49. The monoisotopic (exact) mass is 283 g/mol. The third kappa shape index (κ3) is 4.91. The summed E-state index contributed by atoms with van der Waals surface area (Å²) in [6.07, 6.45) is 2.34. The van der Waals surface area contributed by atoms with E-state index in [1.54, 1.807) is 0 Å². The first kappa shape index (κ1) is 15.6. The second-order valence-electron chi connectivity index (χ2n) is 5.56. The van der Waals surface area contributed by atoms with E-state index in [1.165, 1.54) is 23.1 Å². The number of hydrogen-bond donors (Lipinski definition) is 0. The van der Waals surface area contributed by atoms with Crippen molar-refractivity contribution in [1.82, 2.24) is 4.90 Å². The molecule has 112 valence electrons. The third-order valence-corrected chi connectivity index (χ3v) is 3.52. The van der Waals surface area contributed by atoms with Gasteiger partial charge in [0.15, 0.2) is 0 Å². The summed E-state index contributed by atoms with van der Waals surface area (Å²) in [5, 5.41) is 0. The minimum absolute atomic E-state index is 0.709. The zero-order valence-electron chi connectivity index (χ0n) is 13.3. The van der Waals surface area contributed by atoms with Crippen LogP contribution in [0, 0.1) is 0 Å². The number of nitrogens with zero attached hydrogens (tertiary/aromatic N) is 1. The number of hydrogen-bond acceptors (Lipinski definition) is 2. The van der Waals surface area contributed by atoms with Crippen molar-refractivity contribution in [3.63, 3.8) is 0 Å². The highest BCUT2D eigenvalue weighted by atomic mass is 16.5. The van der Waals surface area contributed by atoms with E-state index < -0.39 is 0 Å². The largest absolute Gasteiger partial charge is 0.494 e. The maximum Gasteiger partial charge on any atom is 0.119 e. The molecule has 0 aliphatic carbocycles. The van der Waals surface area contributed by atoms with Crippen LogP contribution in [0.5, 0.6) is 5.75 Å². The van der Waals surface area contributed by atoms with Gasteiger partial charge < -0.3 is 9.64 Å². The predicted octanol–water partition coefficient (Wildman–Crippen LogP) is 4.25. The lowest BCUT2D eigenvalue weighted by Gasteiger charge is -2.09. The van der Waals surface area contributed by atoms with E-state index in [9.17, 15) is 0 Å². The lowest BCUT2D eigenvalue weighted by atomic mass is 10.0. The van der Waals surface area contributed by atoms with Crippen molar-refractivity contribution in [3.05, 3.63) is 54.1 Å². The van der Waals surface area contributed by atoms with E-state index in [-0.39, 0.29) is 0 Å². The molecule has 21 heavy (non-hydrogen) atoms. The molecule has 0 amide bonds. The van der Waals surface area contributed by atoms with Gasteiger partial charge in [0.05, 0.1) is 6.61 Å².